The maximum atomic E-state index is 13.4. The molecule has 0 aliphatic rings. The zero-order chi connectivity index (χ0) is 15.7. The number of carboxylic acids is 1. The third kappa shape index (κ3) is 2.52. The predicted molar refractivity (Wildman–Crippen MR) is 82.4 cm³/mol. The molecule has 0 amide bonds. The van der Waals surface area contributed by atoms with Crippen molar-refractivity contribution in [3.63, 3.8) is 0 Å². The summed E-state index contributed by atoms with van der Waals surface area (Å²) < 4.78 is 26.9. The molecule has 0 fully saturated rings. The van der Waals surface area contributed by atoms with Crippen molar-refractivity contribution >= 4 is 27.5 Å². The number of carboxylic acid groups (broad SMARTS) is 1. The summed E-state index contributed by atoms with van der Waals surface area (Å²) in [7, 11) is 0. The molecule has 22 heavy (non-hydrogen) atoms. The number of aryl methyl sites for hydroxylation is 1. The van der Waals surface area contributed by atoms with E-state index in [1.807, 2.05) is 54.6 Å². The molecule has 3 aromatic rings. The summed E-state index contributed by atoms with van der Waals surface area (Å²) >= 11 is 0. The SMILES string of the molecule is O=C(O)C(F)(F)CCc1c2ccccc2cc2ccccc12. The van der Waals surface area contributed by atoms with Crippen LogP contribution in [-0.2, 0) is 11.2 Å². The van der Waals surface area contributed by atoms with Crippen LogP contribution in [0.15, 0.2) is 54.6 Å². The molecule has 0 aliphatic heterocycles. The maximum Gasteiger partial charge on any atom is 0.374 e. The molecule has 0 bridgehead atoms. The van der Waals surface area contributed by atoms with E-state index >= 15 is 0 Å². The van der Waals surface area contributed by atoms with E-state index in [0.29, 0.717) is 0 Å². The maximum absolute atomic E-state index is 13.4. The molecular formula is C18H14F2O2. The van der Waals surface area contributed by atoms with E-state index in [4.69, 9.17) is 5.11 Å². The zero-order valence-electron chi connectivity index (χ0n) is 11.7. The van der Waals surface area contributed by atoms with Crippen LogP contribution in [0.2, 0.25) is 0 Å². The number of benzene rings is 3. The summed E-state index contributed by atoms with van der Waals surface area (Å²) in [6.07, 6.45) is -0.693. The minimum absolute atomic E-state index is 0.0150. The monoisotopic (exact) mass is 300 g/mol. The molecule has 0 saturated carbocycles. The Morgan fingerprint density at radius 2 is 1.45 bits per heavy atom. The van der Waals surface area contributed by atoms with Crippen LogP contribution in [0.5, 0.6) is 0 Å². The van der Waals surface area contributed by atoms with Gasteiger partial charge in [0.05, 0.1) is 0 Å². The standard InChI is InChI=1S/C18H14F2O2/c19-18(20,17(21)22)10-9-16-14-7-3-1-5-12(14)11-13-6-2-4-8-15(13)16/h1-8,11H,9-10H2,(H,21,22). The van der Waals surface area contributed by atoms with E-state index in [1.54, 1.807) is 0 Å². The number of rotatable bonds is 4. The topological polar surface area (TPSA) is 37.3 Å². The van der Waals surface area contributed by atoms with Crippen molar-refractivity contribution in [1.82, 2.24) is 0 Å². The molecule has 0 aromatic heterocycles. The molecule has 4 heteroatoms. The van der Waals surface area contributed by atoms with Crippen LogP contribution in [-0.4, -0.2) is 17.0 Å². The second kappa shape index (κ2) is 5.37. The molecular weight excluding hydrogens is 286 g/mol. The molecule has 1 N–H and O–H groups in total. The minimum atomic E-state index is -3.71. The number of hydrogen-bond donors (Lipinski definition) is 1. The summed E-state index contributed by atoms with van der Waals surface area (Å²) in [5.74, 6) is -5.78. The van der Waals surface area contributed by atoms with Crippen LogP contribution >= 0.6 is 0 Å². The van der Waals surface area contributed by atoms with Gasteiger partial charge in [-0.3, -0.25) is 0 Å². The highest BCUT2D eigenvalue weighted by Crippen LogP contribution is 2.31. The van der Waals surface area contributed by atoms with Crippen LogP contribution in [0.25, 0.3) is 21.5 Å². The van der Waals surface area contributed by atoms with Gasteiger partial charge in [0.1, 0.15) is 0 Å². The largest absolute Gasteiger partial charge is 0.477 e. The van der Waals surface area contributed by atoms with Crippen LogP contribution < -0.4 is 0 Å². The van der Waals surface area contributed by atoms with E-state index in [1.165, 1.54) is 0 Å². The smallest absolute Gasteiger partial charge is 0.374 e. The summed E-state index contributed by atoms with van der Waals surface area (Å²) in [5, 5.41) is 12.3. The van der Waals surface area contributed by atoms with Gasteiger partial charge >= 0.3 is 11.9 Å². The summed E-state index contributed by atoms with van der Waals surface area (Å²) in [6, 6.07) is 17.2. The van der Waals surface area contributed by atoms with E-state index in [2.05, 4.69) is 0 Å². The molecule has 2 nitrogen and oxygen atoms in total. The number of aliphatic carboxylic acids is 1. The predicted octanol–water partition coefficient (Wildman–Crippen LogP) is 4.65. The Hall–Kier alpha value is -2.49. The number of hydrogen-bond acceptors (Lipinski definition) is 1. The van der Waals surface area contributed by atoms with Gasteiger partial charge in [-0.1, -0.05) is 48.5 Å². The van der Waals surface area contributed by atoms with Gasteiger partial charge in [-0.2, -0.15) is 8.78 Å². The molecule has 0 saturated heterocycles. The number of halogens is 2. The van der Waals surface area contributed by atoms with Gasteiger partial charge in [0, 0.05) is 6.42 Å². The highest BCUT2D eigenvalue weighted by molar-refractivity contribution is 6.02. The van der Waals surface area contributed by atoms with Gasteiger partial charge in [-0.25, -0.2) is 4.79 Å². The molecule has 0 heterocycles. The van der Waals surface area contributed by atoms with E-state index < -0.39 is 18.3 Å². The van der Waals surface area contributed by atoms with Crippen LogP contribution in [0, 0.1) is 0 Å². The average Bonchev–Trinajstić information content (AvgIpc) is 2.51. The summed E-state index contributed by atoms with van der Waals surface area (Å²) in [6.45, 7) is 0. The van der Waals surface area contributed by atoms with Gasteiger partial charge in [0.15, 0.2) is 0 Å². The summed E-state index contributed by atoms with van der Waals surface area (Å²) in [5.41, 5.74) is 0.773. The second-order valence-electron chi connectivity index (χ2n) is 5.31. The van der Waals surface area contributed by atoms with Crippen molar-refractivity contribution in [2.75, 3.05) is 0 Å². The van der Waals surface area contributed by atoms with Gasteiger partial charge in [-0.05, 0) is 39.6 Å². The van der Waals surface area contributed by atoms with Crippen LogP contribution in [0.1, 0.15) is 12.0 Å². The number of alkyl halides is 2. The fraction of sp³-hybridized carbons (Fsp3) is 0.167. The lowest BCUT2D eigenvalue weighted by Crippen LogP contribution is -2.28. The third-order valence-electron chi connectivity index (χ3n) is 3.88. The first kappa shape index (κ1) is 14.4. The molecule has 112 valence electrons. The van der Waals surface area contributed by atoms with E-state index in [-0.39, 0.29) is 6.42 Å². The van der Waals surface area contributed by atoms with Crippen molar-refractivity contribution < 1.29 is 18.7 Å². The fourth-order valence-electron chi connectivity index (χ4n) is 2.77. The Kier molecular flexibility index (Phi) is 3.53. The van der Waals surface area contributed by atoms with Crippen molar-refractivity contribution in [3.8, 4) is 0 Å². The highest BCUT2D eigenvalue weighted by Gasteiger charge is 2.38. The minimum Gasteiger partial charge on any atom is -0.477 e. The lowest BCUT2D eigenvalue weighted by atomic mass is 9.93. The Morgan fingerprint density at radius 1 is 0.955 bits per heavy atom. The Labute approximate surface area is 126 Å². The Morgan fingerprint density at radius 3 is 1.95 bits per heavy atom. The van der Waals surface area contributed by atoms with E-state index in [9.17, 15) is 13.6 Å². The van der Waals surface area contributed by atoms with Crippen molar-refractivity contribution in [2.45, 2.75) is 18.8 Å². The lowest BCUT2D eigenvalue weighted by molar-refractivity contribution is -0.165. The molecule has 0 atom stereocenters. The molecule has 0 radical (unpaired) electrons. The normalized spacial score (nSPS) is 11.9. The van der Waals surface area contributed by atoms with Gasteiger partial charge in [0.2, 0.25) is 0 Å². The second-order valence-corrected chi connectivity index (χ2v) is 5.31. The fourth-order valence-corrected chi connectivity index (χ4v) is 2.77. The van der Waals surface area contributed by atoms with Gasteiger partial charge < -0.3 is 5.11 Å². The molecule has 3 aromatic carbocycles. The quantitative estimate of drug-likeness (QED) is 0.712. The zero-order valence-corrected chi connectivity index (χ0v) is 11.7. The summed E-state index contributed by atoms with van der Waals surface area (Å²) in [4.78, 5) is 10.6. The average molecular weight is 300 g/mol. The first-order chi connectivity index (χ1) is 10.5. The molecule has 0 aliphatic carbocycles. The van der Waals surface area contributed by atoms with Crippen LogP contribution in [0.3, 0.4) is 0 Å². The number of fused-ring (bicyclic) bond motifs is 2. The molecule has 0 spiro atoms. The van der Waals surface area contributed by atoms with E-state index in [0.717, 1.165) is 27.1 Å². The molecule has 0 unspecified atom stereocenters. The Bertz CT molecular complexity index is 802. The first-order valence-corrected chi connectivity index (χ1v) is 6.99. The third-order valence-corrected chi connectivity index (χ3v) is 3.88. The first-order valence-electron chi connectivity index (χ1n) is 6.99. The Balaban J connectivity index is 2.14. The lowest BCUT2D eigenvalue weighted by Gasteiger charge is -2.14. The van der Waals surface area contributed by atoms with Gasteiger partial charge in [0.25, 0.3) is 0 Å². The molecule has 3 rings (SSSR count). The van der Waals surface area contributed by atoms with Crippen LogP contribution in [0.4, 0.5) is 8.78 Å². The van der Waals surface area contributed by atoms with Crippen molar-refractivity contribution in [1.29, 1.82) is 0 Å². The van der Waals surface area contributed by atoms with Crippen molar-refractivity contribution in [3.05, 3.63) is 60.2 Å². The number of carbonyl (C=O) groups is 1. The van der Waals surface area contributed by atoms with Crippen molar-refractivity contribution in [2.24, 2.45) is 0 Å². The van der Waals surface area contributed by atoms with Gasteiger partial charge in [-0.15, -0.1) is 0 Å². The highest BCUT2D eigenvalue weighted by atomic mass is 19.3.